The monoisotopic (exact) mass is 212 g/mol. The van der Waals surface area contributed by atoms with Gasteiger partial charge in [-0.2, -0.15) is 0 Å². The van der Waals surface area contributed by atoms with Gasteiger partial charge in [0.05, 0.1) is 0 Å². The van der Waals surface area contributed by atoms with Crippen molar-refractivity contribution in [2.45, 2.75) is 64.5 Å². The van der Waals surface area contributed by atoms with E-state index in [9.17, 15) is 4.79 Å². The van der Waals surface area contributed by atoms with Crippen LogP contribution >= 0.6 is 0 Å². The van der Waals surface area contributed by atoms with E-state index in [1.54, 1.807) is 0 Å². The summed E-state index contributed by atoms with van der Waals surface area (Å²) < 4.78 is 0. The van der Waals surface area contributed by atoms with Gasteiger partial charge in [0.1, 0.15) is 0 Å². The Bertz CT molecular complexity index is 184. The standard InChI is InChI=1S/C12H24N2O/c1-10(2)14-12(15)8-7-11-6-4-3-5-9-13-11/h10-11,13H,3-9H2,1-2H3,(H,14,15). The van der Waals surface area contributed by atoms with Crippen LogP contribution < -0.4 is 10.6 Å². The van der Waals surface area contributed by atoms with Gasteiger partial charge in [-0.25, -0.2) is 0 Å². The number of carbonyl (C=O) groups is 1. The van der Waals surface area contributed by atoms with Gasteiger partial charge in [-0.1, -0.05) is 12.8 Å². The quantitative estimate of drug-likeness (QED) is 0.746. The van der Waals surface area contributed by atoms with Crippen molar-refractivity contribution in [1.29, 1.82) is 0 Å². The molecular weight excluding hydrogens is 188 g/mol. The van der Waals surface area contributed by atoms with E-state index in [0.29, 0.717) is 12.5 Å². The summed E-state index contributed by atoms with van der Waals surface area (Å²) in [5.41, 5.74) is 0. The van der Waals surface area contributed by atoms with E-state index < -0.39 is 0 Å². The molecule has 0 spiro atoms. The van der Waals surface area contributed by atoms with Gasteiger partial charge in [0, 0.05) is 18.5 Å². The highest BCUT2D eigenvalue weighted by atomic mass is 16.1. The Morgan fingerprint density at radius 1 is 1.40 bits per heavy atom. The first-order chi connectivity index (χ1) is 7.18. The summed E-state index contributed by atoms with van der Waals surface area (Å²) in [6.45, 7) is 5.13. The molecule has 1 heterocycles. The molecule has 1 aliphatic rings. The minimum atomic E-state index is 0.191. The Morgan fingerprint density at radius 3 is 2.93 bits per heavy atom. The summed E-state index contributed by atoms with van der Waals surface area (Å²) in [5.74, 6) is 0.191. The molecule has 1 fully saturated rings. The molecule has 88 valence electrons. The maximum absolute atomic E-state index is 11.4. The van der Waals surface area contributed by atoms with E-state index in [1.165, 1.54) is 25.7 Å². The van der Waals surface area contributed by atoms with Gasteiger partial charge < -0.3 is 10.6 Å². The Balaban J connectivity index is 2.14. The fourth-order valence-electron chi connectivity index (χ4n) is 2.05. The van der Waals surface area contributed by atoms with Crippen LogP contribution in [0.2, 0.25) is 0 Å². The molecule has 0 radical (unpaired) electrons. The number of nitrogens with one attached hydrogen (secondary N) is 2. The van der Waals surface area contributed by atoms with Gasteiger partial charge >= 0.3 is 0 Å². The summed E-state index contributed by atoms with van der Waals surface area (Å²) in [6.07, 6.45) is 6.81. The Morgan fingerprint density at radius 2 is 2.20 bits per heavy atom. The first-order valence-electron chi connectivity index (χ1n) is 6.21. The average molecular weight is 212 g/mol. The summed E-state index contributed by atoms with van der Waals surface area (Å²) in [6, 6.07) is 0.824. The normalized spacial score (nSPS) is 22.5. The number of hydrogen-bond acceptors (Lipinski definition) is 2. The summed E-state index contributed by atoms with van der Waals surface area (Å²) >= 11 is 0. The smallest absolute Gasteiger partial charge is 0.220 e. The zero-order valence-corrected chi connectivity index (χ0v) is 10.0. The van der Waals surface area contributed by atoms with Crippen LogP contribution in [0.25, 0.3) is 0 Å². The molecule has 1 aliphatic heterocycles. The van der Waals surface area contributed by atoms with Crippen molar-refractivity contribution < 1.29 is 4.79 Å². The SMILES string of the molecule is CC(C)NC(=O)CCC1CCCCCN1. The summed E-state index contributed by atoms with van der Waals surface area (Å²) in [5, 5.41) is 6.44. The molecule has 0 saturated carbocycles. The second-order valence-electron chi connectivity index (χ2n) is 4.76. The van der Waals surface area contributed by atoms with Gasteiger partial charge in [-0.05, 0) is 39.7 Å². The molecule has 1 rings (SSSR count). The molecule has 0 aromatic heterocycles. The van der Waals surface area contributed by atoms with Crippen LogP contribution in [0.1, 0.15) is 52.4 Å². The molecule has 0 aromatic rings. The first-order valence-corrected chi connectivity index (χ1v) is 6.21. The third kappa shape index (κ3) is 5.78. The van der Waals surface area contributed by atoms with Gasteiger partial charge in [-0.3, -0.25) is 4.79 Å². The van der Waals surface area contributed by atoms with Crippen LogP contribution in [0.4, 0.5) is 0 Å². The van der Waals surface area contributed by atoms with Gasteiger partial charge in [0.15, 0.2) is 0 Å². The third-order valence-corrected chi connectivity index (χ3v) is 2.83. The van der Waals surface area contributed by atoms with Crippen molar-refractivity contribution in [1.82, 2.24) is 10.6 Å². The van der Waals surface area contributed by atoms with Crippen LogP contribution in [-0.2, 0) is 4.79 Å². The van der Waals surface area contributed by atoms with Crippen molar-refractivity contribution in [2.24, 2.45) is 0 Å². The van der Waals surface area contributed by atoms with E-state index in [4.69, 9.17) is 0 Å². The van der Waals surface area contributed by atoms with E-state index >= 15 is 0 Å². The highest BCUT2D eigenvalue weighted by Crippen LogP contribution is 2.12. The zero-order valence-electron chi connectivity index (χ0n) is 10.0. The maximum Gasteiger partial charge on any atom is 0.220 e. The van der Waals surface area contributed by atoms with Crippen molar-refractivity contribution in [2.75, 3.05) is 6.54 Å². The fourth-order valence-corrected chi connectivity index (χ4v) is 2.05. The second-order valence-corrected chi connectivity index (χ2v) is 4.76. The van der Waals surface area contributed by atoms with Crippen LogP contribution in [0.15, 0.2) is 0 Å². The highest BCUT2D eigenvalue weighted by Gasteiger charge is 2.13. The molecule has 1 saturated heterocycles. The van der Waals surface area contributed by atoms with E-state index in [1.807, 2.05) is 13.8 Å². The minimum Gasteiger partial charge on any atom is -0.354 e. The lowest BCUT2D eigenvalue weighted by Gasteiger charge is -2.15. The zero-order chi connectivity index (χ0) is 11.1. The van der Waals surface area contributed by atoms with Crippen LogP contribution in [0, 0.1) is 0 Å². The lowest BCUT2D eigenvalue weighted by molar-refractivity contribution is -0.121. The number of amides is 1. The molecule has 3 nitrogen and oxygen atoms in total. The number of hydrogen-bond donors (Lipinski definition) is 2. The second kappa shape index (κ2) is 6.83. The van der Waals surface area contributed by atoms with Crippen molar-refractivity contribution >= 4 is 5.91 Å². The average Bonchev–Trinajstić information content (AvgIpc) is 2.41. The minimum absolute atomic E-state index is 0.191. The third-order valence-electron chi connectivity index (χ3n) is 2.83. The van der Waals surface area contributed by atoms with E-state index in [2.05, 4.69) is 10.6 Å². The lowest BCUT2D eigenvalue weighted by Crippen LogP contribution is -2.33. The number of carbonyl (C=O) groups excluding carboxylic acids is 1. The van der Waals surface area contributed by atoms with Gasteiger partial charge in [0.25, 0.3) is 0 Å². The molecule has 1 unspecified atom stereocenters. The first kappa shape index (κ1) is 12.5. The summed E-state index contributed by atoms with van der Waals surface area (Å²) in [4.78, 5) is 11.4. The maximum atomic E-state index is 11.4. The lowest BCUT2D eigenvalue weighted by atomic mass is 10.1. The molecule has 0 aromatic carbocycles. The van der Waals surface area contributed by atoms with Crippen molar-refractivity contribution in [3.05, 3.63) is 0 Å². The predicted octanol–water partition coefficient (Wildman–Crippen LogP) is 1.82. The predicted molar refractivity (Wildman–Crippen MR) is 62.8 cm³/mol. The molecule has 3 heteroatoms. The van der Waals surface area contributed by atoms with Crippen LogP contribution in [0.5, 0.6) is 0 Å². The van der Waals surface area contributed by atoms with Crippen molar-refractivity contribution in [3.8, 4) is 0 Å². The Hall–Kier alpha value is -0.570. The molecular formula is C12H24N2O. The van der Waals surface area contributed by atoms with Crippen LogP contribution in [0.3, 0.4) is 0 Å². The topological polar surface area (TPSA) is 41.1 Å². The van der Waals surface area contributed by atoms with Crippen LogP contribution in [-0.4, -0.2) is 24.5 Å². The van der Waals surface area contributed by atoms with E-state index in [-0.39, 0.29) is 11.9 Å². The number of rotatable bonds is 4. The molecule has 2 N–H and O–H groups in total. The Kier molecular flexibility index (Phi) is 5.69. The molecule has 1 amide bonds. The van der Waals surface area contributed by atoms with E-state index in [0.717, 1.165) is 13.0 Å². The molecule has 15 heavy (non-hydrogen) atoms. The molecule has 1 atom stereocenters. The largest absolute Gasteiger partial charge is 0.354 e. The molecule has 0 bridgehead atoms. The Labute approximate surface area is 93.0 Å². The summed E-state index contributed by atoms with van der Waals surface area (Å²) in [7, 11) is 0. The highest BCUT2D eigenvalue weighted by molar-refractivity contribution is 5.76. The van der Waals surface area contributed by atoms with Gasteiger partial charge in [0.2, 0.25) is 5.91 Å². The van der Waals surface area contributed by atoms with Gasteiger partial charge in [-0.15, -0.1) is 0 Å². The molecule has 0 aliphatic carbocycles. The van der Waals surface area contributed by atoms with Crippen molar-refractivity contribution in [3.63, 3.8) is 0 Å². The fraction of sp³-hybridized carbons (Fsp3) is 0.917.